The molecular weight excluding hydrogens is 254 g/mol. The Hall–Kier alpha value is -0.480. The molecule has 1 atom stereocenters. The summed E-state index contributed by atoms with van der Waals surface area (Å²) >= 11 is 2.92. The fourth-order valence-electron chi connectivity index (χ4n) is 1.15. The van der Waals surface area contributed by atoms with Crippen LogP contribution in [-0.2, 0) is 0 Å². The summed E-state index contributed by atoms with van der Waals surface area (Å²) in [6.07, 6.45) is -1.000. The van der Waals surface area contributed by atoms with Crippen molar-refractivity contribution in [1.82, 2.24) is 0 Å². The Kier molecular flexibility index (Phi) is 3.61. The van der Waals surface area contributed by atoms with Crippen molar-refractivity contribution in [1.29, 1.82) is 0 Å². The molecule has 0 saturated heterocycles. The van der Waals surface area contributed by atoms with E-state index < -0.39 is 17.7 Å². The molecule has 78 valence electrons. The second-order valence-corrected chi connectivity index (χ2v) is 4.24. The minimum Gasteiger partial charge on any atom is -0.388 e. The summed E-state index contributed by atoms with van der Waals surface area (Å²) in [6.45, 7) is 3.48. The van der Waals surface area contributed by atoms with Gasteiger partial charge >= 0.3 is 0 Å². The second-order valence-electron chi connectivity index (χ2n) is 3.45. The van der Waals surface area contributed by atoms with Crippen LogP contribution in [0.2, 0.25) is 0 Å². The molecule has 0 aliphatic rings. The van der Waals surface area contributed by atoms with E-state index in [0.717, 1.165) is 12.1 Å². The summed E-state index contributed by atoms with van der Waals surface area (Å²) in [5, 5.41) is 9.65. The SMILES string of the molecule is CC(C)C(O)c1c(F)ccc(F)c1Br. The lowest BCUT2D eigenvalue weighted by molar-refractivity contribution is 0.121. The van der Waals surface area contributed by atoms with Crippen molar-refractivity contribution in [3.63, 3.8) is 0 Å². The van der Waals surface area contributed by atoms with Gasteiger partial charge in [0.25, 0.3) is 0 Å². The van der Waals surface area contributed by atoms with E-state index in [0.29, 0.717) is 0 Å². The van der Waals surface area contributed by atoms with Gasteiger partial charge in [-0.05, 0) is 34.0 Å². The first kappa shape index (κ1) is 11.6. The van der Waals surface area contributed by atoms with E-state index in [9.17, 15) is 13.9 Å². The number of aliphatic hydroxyl groups is 1. The molecule has 1 aromatic rings. The highest BCUT2D eigenvalue weighted by atomic mass is 79.9. The molecule has 0 aliphatic carbocycles. The highest BCUT2D eigenvalue weighted by Crippen LogP contribution is 2.32. The van der Waals surface area contributed by atoms with Gasteiger partial charge in [0.05, 0.1) is 10.6 Å². The molecule has 0 aliphatic heterocycles. The van der Waals surface area contributed by atoms with Crippen LogP contribution in [0.15, 0.2) is 16.6 Å². The van der Waals surface area contributed by atoms with Crippen molar-refractivity contribution in [2.45, 2.75) is 20.0 Å². The van der Waals surface area contributed by atoms with Crippen LogP contribution in [-0.4, -0.2) is 5.11 Å². The van der Waals surface area contributed by atoms with Crippen LogP contribution in [0.4, 0.5) is 8.78 Å². The Labute approximate surface area is 89.9 Å². The van der Waals surface area contributed by atoms with Crippen LogP contribution < -0.4 is 0 Å². The van der Waals surface area contributed by atoms with Gasteiger partial charge < -0.3 is 5.11 Å². The summed E-state index contributed by atoms with van der Waals surface area (Å²) in [6, 6.07) is 2.04. The maximum atomic E-state index is 13.3. The van der Waals surface area contributed by atoms with Gasteiger partial charge in [0, 0.05) is 5.56 Å². The van der Waals surface area contributed by atoms with Gasteiger partial charge in [0.15, 0.2) is 0 Å². The summed E-state index contributed by atoms with van der Waals surface area (Å²) < 4.78 is 26.3. The molecule has 0 fully saturated rings. The van der Waals surface area contributed by atoms with E-state index in [1.807, 2.05) is 0 Å². The van der Waals surface area contributed by atoms with Gasteiger partial charge in [0.1, 0.15) is 11.6 Å². The van der Waals surface area contributed by atoms with Crippen molar-refractivity contribution in [2.75, 3.05) is 0 Å². The second kappa shape index (κ2) is 4.36. The molecule has 1 aromatic carbocycles. The highest BCUT2D eigenvalue weighted by molar-refractivity contribution is 9.10. The van der Waals surface area contributed by atoms with E-state index in [1.165, 1.54) is 0 Å². The largest absolute Gasteiger partial charge is 0.388 e. The lowest BCUT2D eigenvalue weighted by atomic mass is 9.99. The van der Waals surface area contributed by atoms with Crippen LogP contribution in [0, 0.1) is 17.6 Å². The molecule has 1 rings (SSSR count). The maximum Gasteiger partial charge on any atom is 0.137 e. The predicted molar refractivity (Wildman–Crippen MR) is 53.9 cm³/mol. The number of hydrogen-bond acceptors (Lipinski definition) is 1. The van der Waals surface area contributed by atoms with Gasteiger partial charge in [-0.15, -0.1) is 0 Å². The highest BCUT2D eigenvalue weighted by Gasteiger charge is 2.21. The van der Waals surface area contributed by atoms with Gasteiger partial charge in [-0.1, -0.05) is 13.8 Å². The number of halogens is 3. The van der Waals surface area contributed by atoms with E-state index in [2.05, 4.69) is 15.9 Å². The smallest absolute Gasteiger partial charge is 0.137 e. The molecule has 1 N–H and O–H groups in total. The average Bonchev–Trinajstić information content (AvgIpc) is 2.12. The van der Waals surface area contributed by atoms with E-state index in [-0.39, 0.29) is 16.0 Å². The fourth-order valence-corrected chi connectivity index (χ4v) is 1.70. The van der Waals surface area contributed by atoms with Crippen LogP contribution >= 0.6 is 15.9 Å². The van der Waals surface area contributed by atoms with E-state index >= 15 is 0 Å². The number of hydrogen-bond donors (Lipinski definition) is 1. The Morgan fingerprint density at radius 3 is 2.21 bits per heavy atom. The van der Waals surface area contributed by atoms with E-state index in [1.54, 1.807) is 13.8 Å². The van der Waals surface area contributed by atoms with Crippen LogP contribution in [0.5, 0.6) is 0 Å². The molecule has 0 saturated carbocycles. The first-order valence-corrected chi connectivity index (χ1v) is 5.06. The number of rotatable bonds is 2. The summed E-state index contributed by atoms with van der Waals surface area (Å²) in [4.78, 5) is 0. The third kappa shape index (κ3) is 2.12. The Bertz CT molecular complexity index is 339. The third-order valence-electron chi connectivity index (χ3n) is 2.01. The molecule has 0 spiro atoms. The summed E-state index contributed by atoms with van der Waals surface area (Å²) in [5.74, 6) is -1.33. The van der Waals surface area contributed by atoms with Crippen molar-refractivity contribution >= 4 is 15.9 Å². The molecule has 0 radical (unpaired) electrons. The zero-order valence-electron chi connectivity index (χ0n) is 7.89. The van der Waals surface area contributed by atoms with Crippen molar-refractivity contribution in [3.8, 4) is 0 Å². The fraction of sp³-hybridized carbons (Fsp3) is 0.400. The average molecular weight is 265 g/mol. The summed E-state index contributed by atoms with van der Waals surface area (Å²) in [7, 11) is 0. The minimum absolute atomic E-state index is 0.00120. The van der Waals surface area contributed by atoms with Crippen molar-refractivity contribution in [3.05, 3.63) is 33.8 Å². The van der Waals surface area contributed by atoms with Crippen molar-refractivity contribution < 1.29 is 13.9 Å². The molecule has 0 amide bonds. The molecule has 1 unspecified atom stereocenters. The lowest BCUT2D eigenvalue weighted by Crippen LogP contribution is -2.09. The monoisotopic (exact) mass is 264 g/mol. The molecule has 0 bridgehead atoms. The molecular formula is C10H11BrF2O. The van der Waals surface area contributed by atoms with Gasteiger partial charge in [0.2, 0.25) is 0 Å². The number of benzene rings is 1. The van der Waals surface area contributed by atoms with Gasteiger partial charge in [-0.25, -0.2) is 8.78 Å². The Morgan fingerprint density at radius 2 is 1.71 bits per heavy atom. The van der Waals surface area contributed by atoms with Crippen molar-refractivity contribution in [2.24, 2.45) is 5.92 Å². The Morgan fingerprint density at radius 1 is 1.21 bits per heavy atom. The number of aliphatic hydroxyl groups excluding tert-OH is 1. The predicted octanol–water partition coefficient (Wildman–Crippen LogP) is 3.42. The standard InChI is InChI=1S/C10H11BrF2O/c1-5(2)10(14)8-6(12)3-4-7(13)9(8)11/h3-5,10,14H,1-2H3. The first-order chi connectivity index (χ1) is 6.45. The van der Waals surface area contributed by atoms with Gasteiger partial charge in [-0.2, -0.15) is 0 Å². The molecule has 1 nitrogen and oxygen atoms in total. The molecule has 14 heavy (non-hydrogen) atoms. The topological polar surface area (TPSA) is 20.2 Å². The minimum atomic E-state index is -1.000. The molecule has 0 aromatic heterocycles. The van der Waals surface area contributed by atoms with Crippen LogP contribution in [0.25, 0.3) is 0 Å². The summed E-state index contributed by atoms with van der Waals surface area (Å²) in [5.41, 5.74) is -0.0139. The lowest BCUT2D eigenvalue weighted by Gasteiger charge is -2.17. The third-order valence-corrected chi connectivity index (χ3v) is 2.81. The van der Waals surface area contributed by atoms with Gasteiger partial charge in [-0.3, -0.25) is 0 Å². The maximum absolute atomic E-state index is 13.3. The Balaban J connectivity index is 3.25. The van der Waals surface area contributed by atoms with Crippen LogP contribution in [0.3, 0.4) is 0 Å². The molecule has 4 heteroatoms. The first-order valence-electron chi connectivity index (χ1n) is 4.26. The molecule has 0 heterocycles. The zero-order chi connectivity index (χ0) is 10.9. The normalized spacial score (nSPS) is 13.4. The van der Waals surface area contributed by atoms with E-state index in [4.69, 9.17) is 0 Å². The zero-order valence-corrected chi connectivity index (χ0v) is 9.48. The quantitative estimate of drug-likeness (QED) is 0.812. The van der Waals surface area contributed by atoms with Crippen LogP contribution in [0.1, 0.15) is 25.5 Å².